The minimum absolute atomic E-state index is 0.285. The van der Waals surface area contributed by atoms with Crippen LogP contribution in [0.4, 0.5) is 0 Å². The summed E-state index contributed by atoms with van der Waals surface area (Å²) in [6.07, 6.45) is 0. The highest BCUT2D eigenvalue weighted by Crippen LogP contribution is 2.29. The lowest BCUT2D eigenvalue weighted by Gasteiger charge is -1.98. The first-order chi connectivity index (χ1) is 7.13. The van der Waals surface area contributed by atoms with Gasteiger partial charge in [-0.15, -0.1) is 11.3 Å². The van der Waals surface area contributed by atoms with E-state index in [4.69, 9.17) is 4.74 Å². The predicted octanol–water partition coefficient (Wildman–Crippen LogP) is 0.903. The zero-order valence-corrected chi connectivity index (χ0v) is 9.44. The lowest BCUT2D eigenvalue weighted by atomic mass is 10.3. The molecule has 0 aliphatic carbocycles. The van der Waals surface area contributed by atoms with E-state index in [1.165, 1.54) is 27.3 Å². The van der Waals surface area contributed by atoms with Gasteiger partial charge < -0.3 is 14.8 Å². The van der Waals surface area contributed by atoms with Crippen LogP contribution in [-0.2, 0) is 4.74 Å². The van der Waals surface area contributed by atoms with E-state index in [2.05, 4.69) is 10.1 Å². The first-order valence-electron chi connectivity index (χ1n) is 4.12. The number of nitrogens with one attached hydrogen (secondary N) is 1. The molecule has 0 saturated carbocycles. The molecule has 1 heterocycles. The molecule has 5 nitrogen and oxygen atoms in total. The molecule has 15 heavy (non-hydrogen) atoms. The van der Waals surface area contributed by atoms with Gasteiger partial charge in [0.2, 0.25) is 0 Å². The zero-order chi connectivity index (χ0) is 11.4. The summed E-state index contributed by atoms with van der Waals surface area (Å²) in [5.74, 6) is -0.389. The van der Waals surface area contributed by atoms with Crippen LogP contribution in [0, 0.1) is 0 Å². The van der Waals surface area contributed by atoms with E-state index in [1.54, 1.807) is 0 Å². The molecule has 0 bridgehead atoms. The Hall–Kier alpha value is -1.56. The molecular weight excluding hydrogens is 218 g/mol. The van der Waals surface area contributed by atoms with Crippen molar-refractivity contribution in [1.82, 2.24) is 5.32 Å². The van der Waals surface area contributed by atoms with Crippen molar-refractivity contribution in [1.29, 1.82) is 0 Å². The van der Waals surface area contributed by atoms with Gasteiger partial charge in [-0.05, 0) is 0 Å². The predicted molar refractivity (Wildman–Crippen MR) is 55.6 cm³/mol. The molecule has 0 spiro atoms. The lowest BCUT2D eigenvalue weighted by molar-refractivity contribution is 0.0606. The molecule has 1 aromatic heterocycles. The normalized spacial score (nSPS) is 9.53. The Kier molecular flexibility index (Phi) is 3.68. The van der Waals surface area contributed by atoms with Gasteiger partial charge in [0.25, 0.3) is 5.91 Å². The van der Waals surface area contributed by atoms with E-state index in [0.717, 1.165) is 11.3 Å². The lowest BCUT2D eigenvalue weighted by Crippen LogP contribution is -2.16. The Labute approximate surface area is 91.0 Å². The van der Waals surface area contributed by atoms with Crippen LogP contribution in [0.25, 0.3) is 0 Å². The summed E-state index contributed by atoms with van der Waals surface area (Å²) < 4.78 is 9.53. The highest BCUT2D eigenvalue weighted by Gasteiger charge is 2.19. The van der Waals surface area contributed by atoms with Gasteiger partial charge in [0, 0.05) is 13.1 Å². The molecular formula is C9H11NO4S. The van der Waals surface area contributed by atoms with Gasteiger partial charge in [-0.1, -0.05) is 0 Å². The number of rotatable bonds is 3. The Bertz CT molecular complexity index is 385. The second kappa shape index (κ2) is 4.79. The average molecular weight is 229 g/mol. The minimum Gasteiger partial charge on any atom is -0.495 e. The summed E-state index contributed by atoms with van der Waals surface area (Å²) in [5.41, 5.74) is 0. The minimum atomic E-state index is -0.478. The van der Waals surface area contributed by atoms with E-state index < -0.39 is 5.97 Å². The molecule has 0 aliphatic rings. The van der Waals surface area contributed by atoms with Crippen molar-refractivity contribution in [2.75, 3.05) is 21.3 Å². The van der Waals surface area contributed by atoms with Crippen LogP contribution in [0.1, 0.15) is 19.3 Å². The fourth-order valence-electron chi connectivity index (χ4n) is 0.999. The fourth-order valence-corrected chi connectivity index (χ4v) is 1.99. The molecule has 0 saturated heterocycles. The van der Waals surface area contributed by atoms with Gasteiger partial charge >= 0.3 is 5.97 Å². The Morgan fingerprint density at radius 1 is 1.40 bits per heavy atom. The number of ether oxygens (including phenoxy) is 2. The van der Waals surface area contributed by atoms with Crippen LogP contribution in [-0.4, -0.2) is 33.1 Å². The standard InChI is InChI=1S/C9H11NO4S/c1-10-8(11)7-5(13-2)4-6(15-7)9(12)14-3/h4H,1-3H3,(H,10,11). The summed E-state index contributed by atoms with van der Waals surface area (Å²) >= 11 is 1.04. The number of amides is 1. The van der Waals surface area contributed by atoms with E-state index in [1.807, 2.05) is 0 Å². The van der Waals surface area contributed by atoms with E-state index >= 15 is 0 Å². The monoisotopic (exact) mass is 229 g/mol. The van der Waals surface area contributed by atoms with Crippen molar-refractivity contribution in [3.8, 4) is 5.75 Å². The number of thiophene rings is 1. The van der Waals surface area contributed by atoms with Crippen molar-refractivity contribution in [3.05, 3.63) is 15.8 Å². The first kappa shape index (κ1) is 11.5. The van der Waals surface area contributed by atoms with Crippen LogP contribution in [0.2, 0.25) is 0 Å². The molecule has 0 aromatic carbocycles. The van der Waals surface area contributed by atoms with E-state index in [0.29, 0.717) is 15.5 Å². The summed E-state index contributed by atoms with van der Waals surface area (Å²) in [7, 11) is 4.24. The number of hydrogen-bond acceptors (Lipinski definition) is 5. The van der Waals surface area contributed by atoms with E-state index in [9.17, 15) is 9.59 Å². The van der Waals surface area contributed by atoms with E-state index in [-0.39, 0.29) is 5.91 Å². The van der Waals surface area contributed by atoms with Gasteiger partial charge in [0.05, 0.1) is 14.2 Å². The smallest absolute Gasteiger partial charge is 0.348 e. The summed E-state index contributed by atoms with van der Waals surface area (Å²) in [5, 5.41) is 2.47. The Morgan fingerprint density at radius 2 is 2.07 bits per heavy atom. The zero-order valence-electron chi connectivity index (χ0n) is 8.62. The van der Waals surface area contributed by atoms with Crippen molar-refractivity contribution in [2.24, 2.45) is 0 Å². The van der Waals surface area contributed by atoms with Crippen LogP contribution in [0.3, 0.4) is 0 Å². The number of carbonyl (C=O) groups excluding carboxylic acids is 2. The van der Waals surface area contributed by atoms with Gasteiger partial charge in [0.15, 0.2) is 0 Å². The maximum absolute atomic E-state index is 11.4. The summed E-state index contributed by atoms with van der Waals surface area (Å²) in [6.45, 7) is 0. The van der Waals surface area contributed by atoms with Crippen molar-refractivity contribution in [2.45, 2.75) is 0 Å². The van der Waals surface area contributed by atoms with Crippen LogP contribution < -0.4 is 10.1 Å². The molecule has 1 amide bonds. The second-order valence-electron chi connectivity index (χ2n) is 2.58. The number of methoxy groups -OCH3 is 2. The van der Waals surface area contributed by atoms with Crippen LogP contribution in [0.5, 0.6) is 5.75 Å². The third kappa shape index (κ3) is 2.27. The number of esters is 1. The summed E-state index contributed by atoms with van der Waals surface area (Å²) in [6, 6.07) is 1.49. The Balaban J connectivity index is 3.11. The largest absolute Gasteiger partial charge is 0.495 e. The maximum Gasteiger partial charge on any atom is 0.348 e. The van der Waals surface area contributed by atoms with Gasteiger partial charge in [0.1, 0.15) is 15.5 Å². The molecule has 0 radical (unpaired) electrons. The molecule has 1 rings (SSSR count). The number of carbonyl (C=O) groups is 2. The third-order valence-corrected chi connectivity index (χ3v) is 2.83. The SMILES string of the molecule is CNC(=O)c1sc(C(=O)OC)cc1OC. The highest BCUT2D eigenvalue weighted by atomic mass is 32.1. The van der Waals surface area contributed by atoms with Gasteiger partial charge in [-0.25, -0.2) is 4.79 Å². The topological polar surface area (TPSA) is 64.6 Å². The molecule has 0 fully saturated rings. The maximum atomic E-state index is 11.4. The van der Waals surface area contributed by atoms with Gasteiger partial charge in [-0.3, -0.25) is 4.79 Å². The average Bonchev–Trinajstić information content (AvgIpc) is 2.70. The fraction of sp³-hybridized carbons (Fsp3) is 0.333. The van der Waals surface area contributed by atoms with Crippen molar-refractivity contribution >= 4 is 23.2 Å². The molecule has 0 unspecified atom stereocenters. The Morgan fingerprint density at radius 3 is 2.53 bits per heavy atom. The van der Waals surface area contributed by atoms with Gasteiger partial charge in [-0.2, -0.15) is 0 Å². The molecule has 0 atom stereocenters. The number of hydrogen-bond donors (Lipinski definition) is 1. The molecule has 6 heteroatoms. The summed E-state index contributed by atoms with van der Waals surface area (Å²) in [4.78, 5) is 23.3. The van der Waals surface area contributed by atoms with Crippen molar-refractivity contribution < 1.29 is 19.1 Å². The quantitative estimate of drug-likeness (QED) is 0.782. The first-order valence-corrected chi connectivity index (χ1v) is 4.94. The molecule has 0 aliphatic heterocycles. The molecule has 82 valence electrons. The highest BCUT2D eigenvalue weighted by molar-refractivity contribution is 7.16. The van der Waals surface area contributed by atoms with Crippen LogP contribution in [0.15, 0.2) is 6.07 Å². The van der Waals surface area contributed by atoms with Crippen molar-refractivity contribution in [3.63, 3.8) is 0 Å². The molecule has 1 N–H and O–H groups in total. The van der Waals surface area contributed by atoms with Crippen LogP contribution >= 0.6 is 11.3 Å². The third-order valence-electron chi connectivity index (χ3n) is 1.74. The molecule has 1 aromatic rings. The second-order valence-corrected chi connectivity index (χ2v) is 3.63.